The maximum absolute atomic E-state index is 13.0. The molecule has 6 heteroatoms. The van der Waals surface area contributed by atoms with Gasteiger partial charge in [-0.2, -0.15) is 0 Å². The minimum Gasteiger partial charge on any atom is -0.352 e. The largest absolute Gasteiger partial charge is 0.352 e. The molecule has 1 aromatic carbocycles. The Bertz CT molecular complexity index is 976. The molecule has 1 aliphatic carbocycles. The molecule has 2 N–H and O–H groups in total. The highest BCUT2D eigenvalue weighted by molar-refractivity contribution is 7.18. The molecule has 1 aliphatic heterocycles. The first-order valence-corrected chi connectivity index (χ1v) is 14.1. The first-order valence-electron chi connectivity index (χ1n) is 13.2. The van der Waals surface area contributed by atoms with E-state index in [9.17, 15) is 4.79 Å². The molecule has 2 heterocycles. The number of fused-ring (bicyclic) bond motifs is 1. The number of hydrogen-bond donors (Lipinski definition) is 2. The first-order chi connectivity index (χ1) is 16.5. The van der Waals surface area contributed by atoms with Gasteiger partial charge in [-0.1, -0.05) is 45.3 Å². The Hall–Kier alpha value is -1.76. The fourth-order valence-corrected chi connectivity index (χ4v) is 6.34. The highest BCUT2D eigenvalue weighted by Gasteiger charge is 2.25. The zero-order valence-corrected chi connectivity index (χ0v) is 22.1. The highest BCUT2D eigenvalue weighted by Crippen LogP contribution is 2.28. The van der Waals surface area contributed by atoms with E-state index in [2.05, 4.69) is 60.7 Å². The number of hydrogen-bond acceptors (Lipinski definition) is 5. The molecule has 0 radical (unpaired) electrons. The molecule has 2 aromatic rings. The van der Waals surface area contributed by atoms with E-state index in [1.807, 2.05) is 0 Å². The van der Waals surface area contributed by atoms with Gasteiger partial charge in [0.15, 0.2) is 0 Å². The van der Waals surface area contributed by atoms with Gasteiger partial charge in [-0.25, -0.2) is 4.98 Å². The topological polar surface area (TPSA) is 57.3 Å². The zero-order chi connectivity index (χ0) is 23.9. The summed E-state index contributed by atoms with van der Waals surface area (Å²) in [6.45, 7) is 8.42. The summed E-state index contributed by atoms with van der Waals surface area (Å²) in [6, 6.07) is 6.77. The van der Waals surface area contributed by atoms with Crippen LogP contribution in [0.3, 0.4) is 0 Å². The molecule has 0 saturated heterocycles. The molecular weight excluding hydrogens is 440 g/mol. The SMILES string of the molecule is CC(C)c1ccc2nc(CCC(=O)NC(CNCC3=CCCN(C)C3)C3CCCCC3)sc2c1. The van der Waals surface area contributed by atoms with Crippen LogP contribution in [0.15, 0.2) is 29.8 Å². The van der Waals surface area contributed by atoms with Gasteiger partial charge in [0, 0.05) is 45.1 Å². The average molecular weight is 483 g/mol. The molecule has 1 fully saturated rings. The van der Waals surface area contributed by atoms with Crippen molar-refractivity contribution in [3.63, 3.8) is 0 Å². The van der Waals surface area contributed by atoms with Gasteiger partial charge in [0.25, 0.3) is 0 Å². The third-order valence-electron chi connectivity index (χ3n) is 7.39. The van der Waals surface area contributed by atoms with Crippen molar-refractivity contribution < 1.29 is 4.79 Å². The standard InChI is InChI=1S/C28H42N4OS/c1-20(2)23-11-12-24-26(16-23)34-28(31-24)14-13-27(33)30-25(22-9-5-4-6-10-22)18-29-17-21-8-7-15-32(3)19-21/h8,11-12,16,20,22,25,29H,4-7,9-10,13-15,17-19H2,1-3H3,(H,30,33). The van der Waals surface area contributed by atoms with Crippen molar-refractivity contribution in [2.45, 2.75) is 77.2 Å². The van der Waals surface area contributed by atoms with Crippen LogP contribution in [0.1, 0.15) is 75.3 Å². The van der Waals surface area contributed by atoms with Gasteiger partial charge in [-0.15, -0.1) is 11.3 Å². The Balaban J connectivity index is 1.30. The van der Waals surface area contributed by atoms with E-state index in [-0.39, 0.29) is 11.9 Å². The molecule has 5 nitrogen and oxygen atoms in total. The van der Waals surface area contributed by atoms with Crippen molar-refractivity contribution in [3.05, 3.63) is 40.4 Å². The quantitative estimate of drug-likeness (QED) is 0.453. The molecule has 1 amide bonds. The minimum atomic E-state index is 0.163. The zero-order valence-electron chi connectivity index (χ0n) is 21.2. The van der Waals surface area contributed by atoms with Crippen molar-refractivity contribution in [2.24, 2.45) is 5.92 Å². The summed E-state index contributed by atoms with van der Waals surface area (Å²) < 4.78 is 1.23. The van der Waals surface area contributed by atoms with Gasteiger partial charge < -0.3 is 15.5 Å². The van der Waals surface area contributed by atoms with Gasteiger partial charge in [0.2, 0.25) is 5.91 Å². The van der Waals surface area contributed by atoms with Gasteiger partial charge in [-0.05, 0) is 61.4 Å². The van der Waals surface area contributed by atoms with Crippen LogP contribution in [-0.2, 0) is 11.2 Å². The van der Waals surface area contributed by atoms with Crippen LogP contribution in [0.25, 0.3) is 10.2 Å². The lowest BCUT2D eigenvalue weighted by Crippen LogP contribution is -2.48. The van der Waals surface area contributed by atoms with E-state index in [1.54, 1.807) is 11.3 Å². The summed E-state index contributed by atoms with van der Waals surface area (Å²) in [5.74, 6) is 1.27. The van der Waals surface area contributed by atoms with Crippen molar-refractivity contribution in [1.82, 2.24) is 20.5 Å². The van der Waals surface area contributed by atoms with Crippen LogP contribution < -0.4 is 10.6 Å². The number of carbonyl (C=O) groups is 1. The highest BCUT2D eigenvalue weighted by atomic mass is 32.1. The Morgan fingerprint density at radius 2 is 2.06 bits per heavy atom. The number of amides is 1. The molecule has 4 rings (SSSR count). The third-order valence-corrected chi connectivity index (χ3v) is 8.47. The smallest absolute Gasteiger partial charge is 0.220 e. The molecule has 0 bridgehead atoms. The molecule has 1 aromatic heterocycles. The minimum absolute atomic E-state index is 0.163. The normalized spacial score (nSPS) is 18.9. The van der Waals surface area contributed by atoms with Crippen LogP contribution in [-0.4, -0.2) is 55.1 Å². The van der Waals surface area contributed by atoms with Crippen molar-refractivity contribution >= 4 is 27.5 Å². The van der Waals surface area contributed by atoms with Crippen molar-refractivity contribution in [2.75, 3.05) is 33.2 Å². The number of nitrogens with zero attached hydrogens (tertiary/aromatic N) is 2. The molecular formula is C28H42N4OS. The fraction of sp³-hybridized carbons (Fsp3) is 0.643. The number of thiazole rings is 1. The maximum Gasteiger partial charge on any atom is 0.220 e. The molecule has 0 spiro atoms. The number of likely N-dealkylation sites (N-methyl/N-ethyl adjacent to an activating group) is 1. The van der Waals surface area contributed by atoms with Gasteiger partial charge in [0.05, 0.1) is 15.2 Å². The lowest BCUT2D eigenvalue weighted by molar-refractivity contribution is -0.122. The van der Waals surface area contributed by atoms with Crippen LogP contribution >= 0.6 is 11.3 Å². The Labute approximate surface area is 209 Å². The number of rotatable bonds is 10. The van der Waals surface area contributed by atoms with E-state index in [1.165, 1.54) is 47.9 Å². The van der Waals surface area contributed by atoms with Gasteiger partial charge >= 0.3 is 0 Å². The van der Waals surface area contributed by atoms with Crippen LogP contribution in [0.5, 0.6) is 0 Å². The predicted molar refractivity (Wildman–Crippen MR) is 144 cm³/mol. The maximum atomic E-state index is 13.0. The molecule has 34 heavy (non-hydrogen) atoms. The van der Waals surface area contributed by atoms with E-state index >= 15 is 0 Å². The third kappa shape index (κ3) is 7.12. The van der Waals surface area contributed by atoms with Crippen molar-refractivity contribution in [1.29, 1.82) is 0 Å². The summed E-state index contributed by atoms with van der Waals surface area (Å²) >= 11 is 1.73. The number of carbonyl (C=O) groups excluding carboxylic acids is 1. The molecule has 186 valence electrons. The molecule has 1 unspecified atom stereocenters. The number of aryl methyl sites for hydroxylation is 1. The van der Waals surface area contributed by atoms with E-state index in [0.29, 0.717) is 24.7 Å². The number of benzene rings is 1. The van der Waals surface area contributed by atoms with Crippen LogP contribution in [0.4, 0.5) is 0 Å². The lowest BCUT2D eigenvalue weighted by Gasteiger charge is -2.32. The second-order valence-electron chi connectivity index (χ2n) is 10.6. The van der Waals surface area contributed by atoms with Gasteiger partial charge in [-0.3, -0.25) is 4.79 Å². The lowest BCUT2D eigenvalue weighted by atomic mass is 9.83. The fourth-order valence-electron chi connectivity index (χ4n) is 5.32. The average Bonchev–Trinajstić information content (AvgIpc) is 3.25. The summed E-state index contributed by atoms with van der Waals surface area (Å²) in [7, 11) is 2.19. The van der Waals surface area contributed by atoms with Crippen molar-refractivity contribution in [3.8, 4) is 0 Å². The Kier molecular flexibility index (Phi) is 9.15. The molecule has 1 saturated carbocycles. The summed E-state index contributed by atoms with van der Waals surface area (Å²) in [4.78, 5) is 20.1. The number of nitrogens with one attached hydrogen (secondary N) is 2. The molecule has 1 atom stereocenters. The summed E-state index contributed by atoms with van der Waals surface area (Å²) in [6.07, 6.45) is 11.1. The van der Waals surface area contributed by atoms with Crippen LogP contribution in [0.2, 0.25) is 0 Å². The Morgan fingerprint density at radius 1 is 1.24 bits per heavy atom. The summed E-state index contributed by atoms with van der Waals surface area (Å²) in [5.41, 5.74) is 3.87. The Morgan fingerprint density at radius 3 is 2.82 bits per heavy atom. The first kappa shape index (κ1) is 25.3. The molecule has 2 aliphatic rings. The predicted octanol–water partition coefficient (Wildman–Crippen LogP) is 5.27. The van der Waals surface area contributed by atoms with E-state index in [4.69, 9.17) is 4.98 Å². The number of aromatic nitrogens is 1. The van der Waals surface area contributed by atoms with Gasteiger partial charge in [0.1, 0.15) is 0 Å². The van der Waals surface area contributed by atoms with E-state index < -0.39 is 0 Å². The van der Waals surface area contributed by atoms with E-state index in [0.717, 1.165) is 43.1 Å². The van der Waals surface area contributed by atoms with Crippen LogP contribution in [0, 0.1) is 5.92 Å². The second-order valence-corrected chi connectivity index (χ2v) is 11.7. The monoisotopic (exact) mass is 482 g/mol. The summed E-state index contributed by atoms with van der Waals surface area (Å²) in [5, 5.41) is 8.13. The second kappa shape index (κ2) is 12.3.